The van der Waals surface area contributed by atoms with Gasteiger partial charge in [-0.05, 0) is 5.69 Å². The van der Waals surface area contributed by atoms with E-state index in [2.05, 4.69) is 6.07 Å². The predicted octanol–water partition coefficient (Wildman–Crippen LogP) is -1.43. The van der Waals surface area contributed by atoms with Crippen molar-refractivity contribution >= 4 is 26.9 Å². The summed E-state index contributed by atoms with van der Waals surface area (Å²) in [5.74, 6) is 0. The third-order valence-electron chi connectivity index (χ3n) is 1.74. The van der Waals surface area contributed by atoms with Crippen LogP contribution in [0.5, 0.6) is 0 Å². The van der Waals surface area contributed by atoms with Crippen molar-refractivity contribution in [1.29, 1.82) is 0 Å². The SMILES string of the molecule is Nc1cc[c-]c2ccccc12.O=S(=O)(O)O.[Na+]. The van der Waals surface area contributed by atoms with E-state index in [0.717, 1.165) is 16.5 Å². The Kier molecular flexibility index (Phi) is 6.69. The fourth-order valence-electron chi connectivity index (χ4n) is 1.17. The maximum absolute atomic E-state index is 8.74. The minimum atomic E-state index is -4.67. The molecule has 0 saturated heterocycles. The molecule has 4 N–H and O–H groups in total. The number of anilines is 1. The molecule has 0 aliphatic heterocycles. The van der Waals surface area contributed by atoms with E-state index in [9.17, 15) is 0 Å². The Morgan fingerprint density at radius 2 is 1.65 bits per heavy atom. The summed E-state index contributed by atoms with van der Waals surface area (Å²) in [6.07, 6.45) is 0. The van der Waals surface area contributed by atoms with Crippen LogP contribution in [0, 0.1) is 6.07 Å². The van der Waals surface area contributed by atoms with Crippen LogP contribution in [0.4, 0.5) is 5.69 Å². The van der Waals surface area contributed by atoms with Gasteiger partial charge in [0.2, 0.25) is 0 Å². The first-order chi connectivity index (χ1) is 7.38. The van der Waals surface area contributed by atoms with E-state index in [1.165, 1.54) is 0 Å². The van der Waals surface area contributed by atoms with E-state index in [-0.39, 0.29) is 29.6 Å². The first-order valence-electron chi connectivity index (χ1n) is 4.23. The van der Waals surface area contributed by atoms with Crippen molar-refractivity contribution < 1.29 is 47.1 Å². The molecule has 0 atom stereocenters. The molecule has 0 unspecified atom stereocenters. The van der Waals surface area contributed by atoms with Crippen molar-refractivity contribution in [3.63, 3.8) is 0 Å². The van der Waals surface area contributed by atoms with Crippen LogP contribution in [0.15, 0.2) is 36.4 Å². The molecular formula is C10H10NNaO4S. The summed E-state index contributed by atoms with van der Waals surface area (Å²) in [6, 6.07) is 14.8. The summed E-state index contributed by atoms with van der Waals surface area (Å²) in [4.78, 5) is 0. The smallest absolute Gasteiger partial charge is 0.413 e. The van der Waals surface area contributed by atoms with Crippen LogP contribution in [0.25, 0.3) is 10.8 Å². The van der Waals surface area contributed by atoms with Gasteiger partial charge in [-0.25, -0.2) is 0 Å². The summed E-state index contributed by atoms with van der Waals surface area (Å²) >= 11 is 0. The summed E-state index contributed by atoms with van der Waals surface area (Å²) in [7, 11) is -4.67. The van der Waals surface area contributed by atoms with Crippen LogP contribution in [0.3, 0.4) is 0 Å². The van der Waals surface area contributed by atoms with Gasteiger partial charge in [-0.2, -0.15) is 8.42 Å². The van der Waals surface area contributed by atoms with E-state index in [4.69, 9.17) is 23.3 Å². The number of benzene rings is 2. The molecule has 0 fully saturated rings. The Labute approximate surface area is 122 Å². The largest absolute Gasteiger partial charge is 1.00 e. The quantitative estimate of drug-likeness (QED) is 0.234. The zero-order chi connectivity index (χ0) is 12.2. The zero-order valence-electron chi connectivity index (χ0n) is 9.16. The van der Waals surface area contributed by atoms with Gasteiger partial charge in [0.1, 0.15) is 0 Å². The Hall–Kier alpha value is -0.630. The molecule has 86 valence electrons. The Balaban J connectivity index is 0.000000373. The Morgan fingerprint density at radius 3 is 2.18 bits per heavy atom. The van der Waals surface area contributed by atoms with Crippen molar-refractivity contribution in [3.8, 4) is 0 Å². The molecule has 0 radical (unpaired) electrons. The van der Waals surface area contributed by atoms with Gasteiger partial charge in [-0.15, -0.1) is 35.7 Å². The van der Waals surface area contributed by atoms with Crippen molar-refractivity contribution in [3.05, 3.63) is 42.5 Å². The van der Waals surface area contributed by atoms with E-state index in [1.54, 1.807) is 0 Å². The van der Waals surface area contributed by atoms with E-state index < -0.39 is 10.4 Å². The maximum atomic E-state index is 8.74. The van der Waals surface area contributed by atoms with Crippen molar-refractivity contribution in [2.24, 2.45) is 0 Å². The van der Waals surface area contributed by atoms with Gasteiger partial charge >= 0.3 is 40.0 Å². The molecule has 0 saturated carbocycles. The van der Waals surface area contributed by atoms with Gasteiger partial charge in [-0.1, -0.05) is 17.5 Å². The van der Waals surface area contributed by atoms with Crippen LogP contribution in [0.2, 0.25) is 0 Å². The summed E-state index contributed by atoms with van der Waals surface area (Å²) in [5.41, 5.74) is 6.56. The topological polar surface area (TPSA) is 101 Å². The molecular weight excluding hydrogens is 253 g/mol. The predicted molar refractivity (Wildman–Crippen MR) is 61.4 cm³/mol. The fourth-order valence-corrected chi connectivity index (χ4v) is 1.17. The molecule has 0 aliphatic rings. The molecule has 0 amide bonds. The molecule has 0 bridgehead atoms. The third kappa shape index (κ3) is 6.62. The third-order valence-corrected chi connectivity index (χ3v) is 1.74. The maximum Gasteiger partial charge on any atom is 1.00 e. The number of hydrogen-bond donors (Lipinski definition) is 3. The molecule has 0 spiro atoms. The molecule has 2 rings (SSSR count). The van der Waals surface area contributed by atoms with Crippen LogP contribution in [-0.2, 0) is 10.4 Å². The molecule has 0 aliphatic carbocycles. The summed E-state index contributed by atoms with van der Waals surface area (Å²) < 4.78 is 31.6. The van der Waals surface area contributed by atoms with Gasteiger partial charge in [-0.3, -0.25) is 9.11 Å². The van der Waals surface area contributed by atoms with Crippen molar-refractivity contribution in [1.82, 2.24) is 0 Å². The first kappa shape index (κ1) is 16.4. The summed E-state index contributed by atoms with van der Waals surface area (Å²) in [5, 5.41) is 2.16. The average molecular weight is 263 g/mol. The van der Waals surface area contributed by atoms with Crippen molar-refractivity contribution in [2.45, 2.75) is 0 Å². The Morgan fingerprint density at radius 1 is 1.12 bits per heavy atom. The molecule has 7 heteroatoms. The molecule has 0 aromatic heterocycles. The van der Waals surface area contributed by atoms with Gasteiger partial charge in [0.25, 0.3) is 0 Å². The minimum absolute atomic E-state index is 0. The molecule has 2 aromatic rings. The zero-order valence-corrected chi connectivity index (χ0v) is 12.0. The van der Waals surface area contributed by atoms with Crippen molar-refractivity contribution in [2.75, 3.05) is 5.73 Å². The molecule has 2 aromatic carbocycles. The molecule has 0 heterocycles. The number of nitrogens with two attached hydrogens (primary N) is 1. The monoisotopic (exact) mass is 263 g/mol. The fraction of sp³-hybridized carbons (Fsp3) is 0. The molecule has 5 nitrogen and oxygen atoms in total. The van der Waals surface area contributed by atoms with Crippen LogP contribution in [-0.4, -0.2) is 17.5 Å². The second-order valence-electron chi connectivity index (χ2n) is 2.93. The molecule has 17 heavy (non-hydrogen) atoms. The number of nitrogen functional groups attached to an aromatic ring is 1. The minimum Gasteiger partial charge on any atom is -0.413 e. The van der Waals surface area contributed by atoms with Crippen LogP contribution in [0.1, 0.15) is 0 Å². The second kappa shape index (κ2) is 6.95. The van der Waals surface area contributed by atoms with Crippen LogP contribution >= 0.6 is 0 Å². The van der Waals surface area contributed by atoms with Crippen LogP contribution < -0.4 is 35.3 Å². The van der Waals surface area contributed by atoms with E-state index in [0.29, 0.717) is 0 Å². The standard InChI is InChI=1S/C10H8N.Na.H2O4S/c11-10-7-3-5-8-4-1-2-6-9(8)10;;1-5(2,3)4/h1-4,6-7H,11H2;;(H2,1,2,3,4)/q-1;+1;. The number of fused-ring (bicyclic) bond motifs is 1. The van der Waals surface area contributed by atoms with Gasteiger partial charge in [0.05, 0.1) is 0 Å². The van der Waals surface area contributed by atoms with Gasteiger partial charge in [0.15, 0.2) is 0 Å². The van der Waals surface area contributed by atoms with Gasteiger partial charge < -0.3 is 5.73 Å². The number of hydrogen-bond acceptors (Lipinski definition) is 3. The average Bonchev–Trinajstić information content (AvgIpc) is 2.16. The van der Waals surface area contributed by atoms with E-state index in [1.807, 2.05) is 36.4 Å². The first-order valence-corrected chi connectivity index (χ1v) is 5.62. The second-order valence-corrected chi connectivity index (χ2v) is 3.82. The Bertz CT molecular complexity index is 572. The normalized spacial score (nSPS) is 10.0. The van der Waals surface area contributed by atoms with E-state index >= 15 is 0 Å². The number of rotatable bonds is 0. The van der Waals surface area contributed by atoms with Gasteiger partial charge in [0, 0.05) is 0 Å². The summed E-state index contributed by atoms with van der Waals surface area (Å²) in [6.45, 7) is 0.